The van der Waals surface area contributed by atoms with Gasteiger partial charge >= 0.3 is 0 Å². The molecule has 0 bridgehead atoms. The van der Waals surface area contributed by atoms with Crippen LogP contribution in [0.2, 0.25) is 0 Å². The number of likely N-dealkylation sites (tertiary alicyclic amines) is 1. The molecule has 6 nitrogen and oxygen atoms in total. The van der Waals surface area contributed by atoms with E-state index in [9.17, 15) is 4.79 Å². The predicted molar refractivity (Wildman–Crippen MR) is 91.9 cm³/mol. The third kappa shape index (κ3) is 2.58. The van der Waals surface area contributed by atoms with Gasteiger partial charge in [0, 0.05) is 26.1 Å². The quantitative estimate of drug-likeness (QED) is 0.788. The van der Waals surface area contributed by atoms with E-state index < -0.39 is 0 Å². The zero-order valence-electron chi connectivity index (χ0n) is 14.0. The van der Waals surface area contributed by atoms with Crippen LogP contribution in [-0.2, 0) is 7.05 Å². The molecule has 0 atom stereocenters. The lowest BCUT2D eigenvalue weighted by molar-refractivity contribution is 0.0700. The first-order valence-corrected chi connectivity index (χ1v) is 8.36. The summed E-state index contributed by atoms with van der Waals surface area (Å²) < 4.78 is 1.67. The minimum Gasteiger partial charge on any atom is -0.342 e. The average Bonchev–Trinajstić information content (AvgIpc) is 3.17. The van der Waals surface area contributed by atoms with E-state index in [0.717, 1.165) is 48.5 Å². The fourth-order valence-corrected chi connectivity index (χ4v) is 3.49. The number of carbonyl (C=O) groups excluding carboxylic acids is 1. The van der Waals surface area contributed by atoms with E-state index in [1.54, 1.807) is 4.68 Å². The van der Waals surface area contributed by atoms with Gasteiger partial charge in [-0.15, -0.1) is 0 Å². The van der Waals surface area contributed by atoms with Crippen molar-refractivity contribution in [2.75, 3.05) is 13.1 Å². The molecule has 24 heavy (non-hydrogen) atoms. The molecule has 1 fully saturated rings. The first-order chi connectivity index (χ1) is 11.6. The number of fused-ring (bicyclic) bond motifs is 1. The molecule has 2 aromatic heterocycles. The van der Waals surface area contributed by atoms with Crippen molar-refractivity contribution in [3.8, 4) is 0 Å². The largest absolute Gasteiger partial charge is 0.342 e. The Morgan fingerprint density at radius 3 is 2.67 bits per heavy atom. The second kappa shape index (κ2) is 5.78. The Morgan fingerprint density at radius 2 is 2.00 bits per heavy atom. The lowest BCUT2D eigenvalue weighted by Gasteiger charge is -2.31. The zero-order valence-corrected chi connectivity index (χ0v) is 14.0. The number of aromatic nitrogens is 4. The van der Waals surface area contributed by atoms with Gasteiger partial charge in [0.05, 0.1) is 16.7 Å². The Morgan fingerprint density at radius 1 is 1.25 bits per heavy atom. The van der Waals surface area contributed by atoms with E-state index in [1.807, 2.05) is 43.1 Å². The monoisotopic (exact) mass is 323 g/mol. The van der Waals surface area contributed by atoms with Gasteiger partial charge in [0.2, 0.25) is 0 Å². The molecule has 3 aromatic rings. The molecule has 1 aliphatic heterocycles. The van der Waals surface area contributed by atoms with Gasteiger partial charge < -0.3 is 9.88 Å². The Balaban J connectivity index is 1.46. The Labute approximate surface area is 140 Å². The fraction of sp³-hybridized carbons (Fsp3) is 0.389. The molecule has 0 aliphatic carbocycles. The summed E-state index contributed by atoms with van der Waals surface area (Å²) in [6.07, 6.45) is 1.87. The highest BCUT2D eigenvalue weighted by Gasteiger charge is 2.27. The summed E-state index contributed by atoms with van der Waals surface area (Å²) in [5.41, 5.74) is 3.63. The van der Waals surface area contributed by atoms with E-state index >= 15 is 0 Å². The maximum atomic E-state index is 12.7. The van der Waals surface area contributed by atoms with Crippen molar-refractivity contribution in [1.82, 2.24) is 24.6 Å². The van der Waals surface area contributed by atoms with E-state index in [1.165, 1.54) is 0 Å². The Kier molecular flexibility index (Phi) is 3.59. The maximum absolute atomic E-state index is 12.7. The van der Waals surface area contributed by atoms with Crippen molar-refractivity contribution >= 4 is 16.9 Å². The van der Waals surface area contributed by atoms with Gasteiger partial charge in [-0.25, -0.2) is 4.98 Å². The SMILES string of the molecule is Cc1cc(C(=O)N2CCC(c3nc4ccccc4[nH]3)CC2)n(C)n1. The van der Waals surface area contributed by atoms with Gasteiger partial charge in [-0.2, -0.15) is 5.10 Å². The number of aryl methyl sites for hydroxylation is 2. The molecule has 1 saturated heterocycles. The van der Waals surface area contributed by atoms with Gasteiger partial charge in [-0.1, -0.05) is 12.1 Å². The number of carbonyl (C=O) groups is 1. The van der Waals surface area contributed by atoms with Crippen LogP contribution in [0.3, 0.4) is 0 Å². The van der Waals surface area contributed by atoms with Crippen molar-refractivity contribution in [3.63, 3.8) is 0 Å². The lowest BCUT2D eigenvalue weighted by atomic mass is 9.96. The number of hydrogen-bond donors (Lipinski definition) is 1. The number of piperidine rings is 1. The topological polar surface area (TPSA) is 66.8 Å². The number of amides is 1. The van der Waals surface area contributed by atoms with Gasteiger partial charge in [0.1, 0.15) is 11.5 Å². The summed E-state index contributed by atoms with van der Waals surface area (Å²) in [4.78, 5) is 22.7. The van der Waals surface area contributed by atoms with Gasteiger partial charge in [-0.3, -0.25) is 9.48 Å². The first-order valence-electron chi connectivity index (χ1n) is 8.36. The first kappa shape index (κ1) is 14.9. The van der Waals surface area contributed by atoms with E-state index in [2.05, 4.69) is 16.1 Å². The molecule has 1 aliphatic rings. The standard InChI is InChI=1S/C18H21N5O/c1-12-11-16(22(2)21-12)18(24)23-9-7-13(8-10-23)17-19-14-5-3-4-6-15(14)20-17/h3-6,11,13H,7-10H2,1-2H3,(H,19,20). The molecular weight excluding hydrogens is 302 g/mol. The number of H-pyrrole nitrogens is 1. The number of nitrogens with zero attached hydrogens (tertiary/aromatic N) is 4. The molecular formula is C18H21N5O. The molecule has 1 amide bonds. The van der Waals surface area contributed by atoms with Crippen LogP contribution in [0.25, 0.3) is 11.0 Å². The third-order valence-corrected chi connectivity index (χ3v) is 4.80. The molecule has 124 valence electrons. The maximum Gasteiger partial charge on any atom is 0.272 e. The van der Waals surface area contributed by atoms with Gasteiger partial charge in [0.15, 0.2) is 0 Å². The number of imidazole rings is 1. The van der Waals surface area contributed by atoms with Crippen LogP contribution in [-0.4, -0.2) is 43.6 Å². The summed E-state index contributed by atoms with van der Waals surface area (Å²) in [5, 5.41) is 4.27. The molecule has 0 unspecified atom stereocenters. The van der Waals surface area contributed by atoms with Crippen LogP contribution in [0.4, 0.5) is 0 Å². The smallest absolute Gasteiger partial charge is 0.272 e. The lowest BCUT2D eigenvalue weighted by Crippen LogP contribution is -2.38. The molecule has 1 aromatic carbocycles. The van der Waals surface area contributed by atoms with Crippen molar-refractivity contribution in [1.29, 1.82) is 0 Å². The zero-order chi connectivity index (χ0) is 16.7. The number of para-hydroxylation sites is 2. The minimum atomic E-state index is 0.0705. The molecule has 6 heteroatoms. The van der Waals surface area contributed by atoms with Crippen molar-refractivity contribution in [2.45, 2.75) is 25.7 Å². The number of nitrogens with one attached hydrogen (secondary N) is 1. The number of hydrogen-bond acceptors (Lipinski definition) is 3. The number of rotatable bonds is 2. The van der Waals surface area contributed by atoms with Crippen LogP contribution in [0.5, 0.6) is 0 Å². The molecule has 0 spiro atoms. The fourth-order valence-electron chi connectivity index (χ4n) is 3.49. The van der Waals surface area contributed by atoms with Gasteiger partial charge in [0.25, 0.3) is 5.91 Å². The Hall–Kier alpha value is -2.63. The number of aromatic amines is 1. The molecule has 0 saturated carbocycles. The molecule has 0 radical (unpaired) electrons. The second-order valence-electron chi connectivity index (χ2n) is 6.50. The second-order valence-corrected chi connectivity index (χ2v) is 6.50. The summed E-state index contributed by atoms with van der Waals surface area (Å²) in [7, 11) is 1.82. The molecule has 1 N–H and O–H groups in total. The average molecular weight is 323 g/mol. The van der Waals surface area contributed by atoms with Crippen LogP contribution in [0.15, 0.2) is 30.3 Å². The van der Waals surface area contributed by atoms with E-state index in [0.29, 0.717) is 11.6 Å². The van der Waals surface area contributed by atoms with Crippen LogP contribution < -0.4 is 0 Å². The summed E-state index contributed by atoms with van der Waals surface area (Å²) >= 11 is 0. The van der Waals surface area contributed by atoms with Gasteiger partial charge in [-0.05, 0) is 38.0 Å². The Bertz CT molecular complexity index is 853. The van der Waals surface area contributed by atoms with Crippen LogP contribution in [0.1, 0.15) is 40.8 Å². The van der Waals surface area contributed by atoms with Crippen molar-refractivity contribution in [2.24, 2.45) is 7.05 Å². The molecule has 3 heterocycles. The van der Waals surface area contributed by atoms with Crippen molar-refractivity contribution in [3.05, 3.63) is 47.5 Å². The van der Waals surface area contributed by atoms with Crippen molar-refractivity contribution < 1.29 is 4.79 Å². The van der Waals surface area contributed by atoms with Crippen LogP contribution in [0, 0.1) is 6.92 Å². The summed E-state index contributed by atoms with van der Waals surface area (Å²) in [5.74, 6) is 1.50. The normalized spacial score (nSPS) is 16.0. The summed E-state index contributed by atoms with van der Waals surface area (Å²) in [6.45, 7) is 3.42. The predicted octanol–water partition coefficient (Wildman–Crippen LogP) is 2.62. The highest BCUT2D eigenvalue weighted by molar-refractivity contribution is 5.92. The summed E-state index contributed by atoms with van der Waals surface area (Å²) in [6, 6.07) is 9.95. The number of benzene rings is 1. The molecule has 4 rings (SSSR count). The van der Waals surface area contributed by atoms with E-state index in [-0.39, 0.29) is 5.91 Å². The third-order valence-electron chi connectivity index (χ3n) is 4.80. The highest BCUT2D eigenvalue weighted by Crippen LogP contribution is 2.28. The highest BCUT2D eigenvalue weighted by atomic mass is 16.2. The minimum absolute atomic E-state index is 0.0705. The van der Waals surface area contributed by atoms with E-state index in [4.69, 9.17) is 4.98 Å². The van der Waals surface area contributed by atoms with Crippen LogP contribution >= 0.6 is 0 Å².